The van der Waals surface area contributed by atoms with Crippen molar-refractivity contribution in [2.75, 3.05) is 5.32 Å². The van der Waals surface area contributed by atoms with Crippen LogP contribution in [0.15, 0.2) is 71.0 Å². The van der Waals surface area contributed by atoms with Crippen molar-refractivity contribution in [3.8, 4) is 0 Å². The highest BCUT2D eigenvalue weighted by atomic mass is 32.2. The van der Waals surface area contributed by atoms with Crippen LogP contribution < -0.4 is 5.32 Å². The second-order valence-electron chi connectivity index (χ2n) is 11.2. The Bertz CT molecular complexity index is 1250. The standard InChI is InChI=1S/C28H32N4OS/c1-27(2,3)20-13-11-19(12-14-20)24-23-21(15-28(4,5)16-22(23)33)29-25-30-26(31-32(24)25)34-17-18-9-7-6-8-10-18/h6-14,24H,15-17H2,1-5H3,(H,29,30,31). The predicted molar refractivity (Wildman–Crippen MR) is 138 cm³/mol. The van der Waals surface area contributed by atoms with E-state index >= 15 is 0 Å². The van der Waals surface area contributed by atoms with Crippen LogP contribution in [0.3, 0.4) is 0 Å². The first-order valence-corrected chi connectivity index (χ1v) is 12.9. The summed E-state index contributed by atoms with van der Waals surface area (Å²) in [7, 11) is 0. The molecule has 6 heteroatoms. The molecular formula is C28H32N4OS. The van der Waals surface area contributed by atoms with E-state index in [0.717, 1.165) is 29.0 Å². The number of benzene rings is 2. The molecule has 0 saturated heterocycles. The Hall–Kier alpha value is -2.86. The quantitative estimate of drug-likeness (QED) is 0.438. The van der Waals surface area contributed by atoms with Crippen molar-refractivity contribution in [2.24, 2.45) is 5.41 Å². The third-order valence-corrected chi connectivity index (χ3v) is 7.52. The molecule has 2 heterocycles. The summed E-state index contributed by atoms with van der Waals surface area (Å²) >= 11 is 1.62. The third-order valence-electron chi connectivity index (χ3n) is 6.62. The molecule has 5 rings (SSSR count). The van der Waals surface area contributed by atoms with Gasteiger partial charge in [0.2, 0.25) is 11.1 Å². The van der Waals surface area contributed by atoms with E-state index in [0.29, 0.717) is 17.5 Å². The van der Waals surface area contributed by atoms with Gasteiger partial charge in [0.05, 0.1) is 0 Å². The molecule has 0 fully saturated rings. The number of Topliss-reactive ketones (excluding diaryl/α,β-unsaturated/α-hetero) is 1. The zero-order valence-electron chi connectivity index (χ0n) is 20.6. The number of carbonyl (C=O) groups is 1. The number of ketones is 1. The van der Waals surface area contributed by atoms with Crippen molar-refractivity contribution in [3.05, 3.63) is 82.6 Å². The number of nitrogens with one attached hydrogen (secondary N) is 1. The van der Waals surface area contributed by atoms with Crippen LogP contribution in [0, 0.1) is 5.41 Å². The molecular weight excluding hydrogens is 440 g/mol. The maximum atomic E-state index is 13.4. The topological polar surface area (TPSA) is 59.8 Å². The highest BCUT2D eigenvalue weighted by molar-refractivity contribution is 7.98. The lowest BCUT2D eigenvalue weighted by molar-refractivity contribution is -0.118. The van der Waals surface area contributed by atoms with Crippen LogP contribution in [-0.4, -0.2) is 20.5 Å². The van der Waals surface area contributed by atoms with E-state index in [4.69, 9.17) is 10.1 Å². The Kier molecular flexibility index (Phi) is 5.67. The van der Waals surface area contributed by atoms with Crippen LogP contribution in [0.5, 0.6) is 0 Å². The number of allylic oxidation sites excluding steroid dienone is 2. The monoisotopic (exact) mass is 472 g/mol. The van der Waals surface area contributed by atoms with Crippen LogP contribution >= 0.6 is 11.8 Å². The lowest BCUT2D eigenvalue weighted by atomic mass is 9.73. The fourth-order valence-corrected chi connectivity index (χ4v) is 5.63. The summed E-state index contributed by atoms with van der Waals surface area (Å²) in [5.41, 5.74) is 5.40. The van der Waals surface area contributed by atoms with Gasteiger partial charge in [-0.3, -0.25) is 4.79 Å². The molecule has 2 aromatic carbocycles. The highest BCUT2D eigenvalue weighted by Gasteiger charge is 2.41. The second-order valence-corrected chi connectivity index (χ2v) is 12.1. The van der Waals surface area contributed by atoms with Gasteiger partial charge in [0.25, 0.3) is 0 Å². The number of carbonyl (C=O) groups excluding carboxylic acids is 1. The minimum absolute atomic E-state index is 0.0709. The van der Waals surface area contributed by atoms with Crippen LogP contribution in [0.4, 0.5) is 5.95 Å². The van der Waals surface area contributed by atoms with Crippen molar-refractivity contribution in [1.29, 1.82) is 0 Å². The number of rotatable bonds is 4. The smallest absolute Gasteiger partial charge is 0.227 e. The molecule has 1 aliphatic carbocycles. The van der Waals surface area contributed by atoms with E-state index in [2.05, 4.69) is 76.3 Å². The van der Waals surface area contributed by atoms with E-state index in [1.165, 1.54) is 11.1 Å². The first kappa shape index (κ1) is 22.9. The Morgan fingerprint density at radius 2 is 1.76 bits per heavy atom. The molecule has 1 aliphatic heterocycles. The summed E-state index contributed by atoms with van der Waals surface area (Å²) in [6.45, 7) is 11.0. The Morgan fingerprint density at radius 3 is 2.44 bits per heavy atom. The lowest BCUT2D eigenvalue weighted by Gasteiger charge is -2.38. The molecule has 0 saturated carbocycles. The number of hydrogen-bond acceptors (Lipinski definition) is 5. The minimum Gasteiger partial charge on any atom is -0.328 e. The SMILES string of the molecule is CC1(C)CC(=O)C2=C(C1)Nc1nc(SCc3ccccc3)nn1C2c1ccc(C(C)(C)C)cc1. The van der Waals surface area contributed by atoms with Gasteiger partial charge in [-0.15, -0.1) is 5.10 Å². The number of aromatic nitrogens is 3. The van der Waals surface area contributed by atoms with Crippen LogP contribution in [0.1, 0.15) is 70.2 Å². The van der Waals surface area contributed by atoms with Gasteiger partial charge in [-0.2, -0.15) is 4.98 Å². The minimum atomic E-state index is -0.262. The van der Waals surface area contributed by atoms with Gasteiger partial charge in [-0.1, -0.05) is 101 Å². The number of thioether (sulfide) groups is 1. The van der Waals surface area contributed by atoms with Crippen molar-refractivity contribution in [1.82, 2.24) is 14.8 Å². The summed E-state index contributed by atoms with van der Waals surface area (Å²) in [4.78, 5) is 18.2. The fourth-order valence-electron chi connectivity index (χ4n) is 4.85. The zero-order chi connectivity index (χ0) is 24.1. The van der Waals surface area contributed by atoms with Crippen molar-refractivity contribution >= 4 is 23.5 Å². The van der Waals surface area contributed by atoms with Gasteiger partial charge in [0.1, 0.15) is 6.04 Å². The van der Waals surface area contributed by atoms with E-state index in [9.17, 15) is 4.79 Å². The molecule has 1 aromatic heterocycles. The predicted octanol–water partition coefficient (Wildman–Crippen LogP) is 6.53. The van der Waals surface area contributed by atoms with Crippen molar-refractivity contribution < 1.29 is 4.79 Å². The average molecular weight is 473 g/mol. The first-order chi connectivity index (χ1) is 16.1. The normalized spacial score (nSPS) is 19.4. The van der Waals surface area contributed by atoms with E-state index in [1.807, 2.05) is 22.9 Å². The molecule has 5 nitrogen and oxygen atoms in total. The summed E-state index contributed by atoms with van der Waals surface area (Å²) in [5.74, 6) is 1.71. The van der Waals surface area contributed by atoms with Crippen LogP contribution in [0.2, 0.25) is 0 Å². The van der Waals surface area contributed by atoms with Gasteiger partial charge in [-0.05, 0) is 33.9 Å². The van der Waals surface area contributed by atoms with E-state index in [-0.39, 0.29) is 22.7 Å². The van der Waals surface area contributed by atoms with E-state index in [1.54, 1.807) is 11.8 Å². The maximum Gasteiger partial charge on any atom is 0.227 e. The molecule has 1 atom stereocenters. The molecule has 0 bridgehead atoms. The first-order valence-electron chi connectivity index (χ1n) is 11.9. The molecule has 0 amide bonds. The fraction of sp³-hybridized carbons (Fsp3) is 0.393. The molecule has 176 valence electrons. The van der Waals surface area contributed by atoms with Crippen molar-refractivity contribution in [2.45, 2.75) is 69.8 Å². The molecule has 1 unspecified atom stereocenters. The van der Waals surface area contributed by atoms with Gasteiger partial charge in [0, 0.05) is 23.4 Å². The highest BCUT2D eigenvalue weighted by Crippen LogP contribution is 2.46. The Labute approximate surface area is 206 Å². The lowest BCUT2D eigenvalue weighted by Crippen LogP contribution is -2.36. The van der Waals surface area contributed by atoms with Gasteiger partial charge in [-0.25, -0.2) is 4.68 Å². The number of fused-ring (bicyclic) bond motifs is 1. The van der Waals surface area contributed by atoms with Gasteiger partial charge >= 0.3 is 0 Å². The molecule has 3 aromatic rings. The zero-order valence-corrected chi connectivity index (χ0v) is 21.4. The summed E-state index contributed by atoms with van der Waals surface area (Å²) in [5, 5.41) is 9.07. The van der Waals surface area contributed by atoms with Gasteiger partial charge in [0.15, 0.2) is 5.78 Å². The Morgan fingerprint density at radius 1 is 1.06 bits per heavy atom. The number of anilines is 1. The summed E-state index contributed by atoms with van der Waals surface area (Å²) in [6, 6.07) is 18.7. The molecule has 34 heavy (non-hydrogen) atoms. The average Bonchev–Trinajstić information content (AvgIpc) is 3.18. The molecule has 1 N–H and O–H groups in total. The largest absolute Gasteiger partial charge is 0.328 e. The summed E-state index contributed by atoms with van der Waals surface area (Å²) in [6.07, 6.45) is 1.37. The van der Waals surface area contributed by atoms with E-state index < -0.39 is 0 Å². The number of nitrogens with zero attached hydrogens (tertiary/aromatic N) is 3. The summed E-state index contributed by atoms with van der Waals surface area (Å²) < 4.78 is 1.91. The van der Waals surface area contributed by atoms with Crippen LogP contribution in [-0.2, 0) is 16.0 Å². The second kappa shape index (κ2) is 8.42. The Balaban J connectivity index is 1.54. The van der Waals surface area contributed by atoms with Crippen LogP contribution in [0.25, 0.3) is 0 Å². The number of hydrogen-bond donors (Lipinski definition) is 1. The molecule has 0 radical (unpaired) electrons. The molecule has 2 aliphatic rings. The van der Waals surface area contributed by atoms with Gasteiger partial charge < -0.3 is 5.32 Å². The third kappa shape index (κ3) is 4.43. The molecule has 0 spiro atoms. The van der Waals surface area contributed by atoms with Crippen molar-refractivity contribution in [3.63, 3.8) is 0 Å². The maximum absolute atomic E-state index is 13.4.